The summed E-state index contributed by atoms with van der Waals surface area (Å²) >= 11 is 9.76. The van der Waals surface area contributed by atoms with Gasteiger partial charge in [-0.05, 0) is 25.6 Å². The fourth-order valence-electron chi connectivity index (χ4n) is 2.06. The van der Waals surface area contributed by atoms with E-state index in [0.29, 0.717) is 5.02 Å². The third-order valence-corrected chi connectivity index (χ3v) is 3.72. The average molecular weight is 317 g/mol. The Morgan fingerprint density at radius 2 is 2.18 bits per heavy atom. The number of furan rings is 1. The summed E-state index contributed by atoms with van der Waals surface area (Å²) in [5.74, 6) is 0.984. The van der Waals surface area contributed by atoms with E-state index in [1.54, 1.807) is 0 Å². The minimum Gasteiger partial charge on any atom is -0.458 e. The number of fused-ring (bicyclic) bond motifs is 1. The molecule has 1 heterocycles. The molecule has 0 aliphatic rings. The van der Waals surface area contributed by atoms with Crippen LogP contribution in [-0.2, 0) is 13.0 Å². The summed E-state index contributed by atoms with van der Waals surface area (Å²) in [6, 6.07) is 3.83. The SMILES string of the molecule is CCCc1c(CNC)oc2c(Cl)ccc(Br)c12. The fourth-order valence-corrected chi connectivity index (χ4v) is 2.80. The van der Waals surface area contributed by atoms with Crippen molar-refractivity contribution in [3.05, 3.63) is 33.0 Å². The maximum absolute atomic E-state index is 6.18. The molecule has 92 valence electrons. The molecule has 17 heavy (non-hydrogen) atoms. The third kappa shape index (κ3) is 2.37. The molecule has 2 aromatic rings. The summed E-state index contributed by atoms with van der Waals surface area (Å²) in [7, 11) is 1.92. The number of nitrogens with one attached hydrogen (secondary N) is 1. The first kappa shape index (κ1) is 12.9. The molecule has 0 amide bonds. The lowest BCUT2D eigenvalue weighted by atomic mass is 10.1. The molecule has 1 aromatic carbocycles. The maximum Gasteiger partial charge on any atom is 0.154 e. The quantitative estimate of drug-likeness (QED) is 0.897. The number of benzene rings is 1. The van der Waals surface area contributed by atoms with Crippen LogP contribution in [0.3, 0.4) is 0 Å². The minimum atomic E-state index is 0.669. The van der Waals surface area contributed by atoms with E-state index in [4.69, 9.17) is 16.0 Å². The van der Waals surface area contributed by atoms with Gasteiger partial charge < -0.3 is 9.73 Å². The Morgan fingerprint density at radius 3 is 2.82 bits per heavy atom. The van der Waals surface area contributed by atoms with Crippen LogP contribution in [0.4, 0.5) is 0 Å². The first-order valence-corrected chi connectivity index (χ1v) is 6.89. The van der Waals surface area contributed by atoms with Crippen molar-refractivity contribution < 1.29 is 4.42 Å². The molecule has 0 atom stereocenters. The predicted molar refractivity (Wildman–Crippen MR) is 75.7 cm³/mol. The van der Waals surface area contributed by atoms with Gasteiger partial charge in [0.15, 0.2) is 5.58 Å². The lowest BCUT2D eigenvalue weighted by Crippen LogP contribution is -2.06. The lowest BCUT2D eigenvalue weighted by molar-refractivity contribution is 0.523. The molecule has 0 saturated heterocycles. The molecule has 2 rings (SSSR count). The second-order valence-electron chi connectivity index (χ2n) is 4.02. The number of aryl methyl sites for hydroxylation is 1. The van der Waals surface area contributed by atoms with Crippen molar-refractivity contribution in [1.82, 2.24) is 5.32 Å². The van der Waals surface area contributed by atoms with E-state index in [9.17, 15) is 0 Å². The van der Waals surface area contributed by atoms with Crippen molar-refractivity contribution in [3.8, 4) is 0 Å². The Kier molecular flexibility index (Phi) is 4.13. The van der Waals surface area contributed by atoms with Crippen LogP contribution in [0.25, 0.3) is 11.0 Å². The van der Waals surface area contributed by atoms with Gasteiger partial charge in [-0.3, -0.25) is 0 Å². The van der Waals surface area contributed by atoms with Gasteiger partial charge in [-0.25, -0.2) is 0 Å². The second kappa shape index (κ2) is 5.42. The van der Waals surface area contributed by atoms with Crippen LogP contribution in [0.5, 0.6) is 0 Å². The highest BCUT2D eigenvalue weighted by Crippen LogP contribution is 2.37. The summed E-state index contributed by atoms with van der Waals surface area (Å²) in [5, 5.41) is 4.92. The Morgan fingerprint density at radius 1 is 1.41 bits per heavy atom. The highest BCUT2D eigenvalue weighted by Gasteiger charge is 2.17. The Labute approximate surface area is 114 Å². The van der Waals surface area contributed by atoms with Crippen LogP contribution >= 0.6 is 27.5 Å². The monoisotopic (exact) mass is 315 g/mol. The molecule has 4 heteroatoms. The number of halogens is 2. The first-order chi connectivity index (χ1) is 8.19. The molecule has 0 spiro atoms. The van der Waals surface area contributed by atoms with Crippen LogP contribution in [0.15, 0.2) is 21.0 Å². The molecular formula is C13H15BrClNO. The zero-order chi connectivity index (χ0) is 12.4. The molecular weight excluding hydrogens is 302 g/mol. The van der Waals surface area contributed by atoms with Gasteiger partial charge in [-0.2, -0.15) is 0 Å². The molecule has 0 bridgehead atoms. The molecule has 0 fully saturated rings. The number of hydrogen-bond donors (Lipinski definition) is 1. The van der Waals surface area contributed by atoms with Gasteiger partial charge in [0.2, 0.25) is 0 Å². The van der Waals surface area contributed by atoms with E-state index < -0.39 is 0 Å². The van der Waals surface area contributed by atoms with Crippen molar-refractivity contribution in [1.29, 1.82) is 0 Å². The highest BCUT2D eigenvalue weighted by molar-refractivity contribution is 9.10. The summed E-state index contributed by atoms with van der Waals surface area (Å²) in [5.41, 5.74) is 2.04. The van der Waals surface area contributed by atoms with E-state index in [1.807, 2.05) is 19.2 Å². The average Bonchev–Trinajstić information content (AvgIpc) is 2.66. The Hall–Kier alpha value is -0.510. The summed E-state index contributed by atoms with van der Waals surface area (Å²) in [6.45, 7) is 2.90. The van der Waals surface area contributed by atoms with Gasteiger partial charge in [0, 0.05) is 15.4 Å². The molecule has 0 aliphatic heterocycles. The standard InChI is InChI=1S/C13H15BrClNO/c1-3-4-8-11(7-16-2)17-13-10(15)6-5-9(14)12(8)13/h5-6,16H,3-4,7H2,1-2H3. The molecule has 2 nitrogen and oxygen atoms in total. The van der Waals surface area contributed by atoms with Gasteiger partial charge in [-0.1, -0.05) is 40.9 Å². The summed E-state index contributed by atoms with van der Waals surface area (Å²) < 4.78 is 6.93. The summed E-state index contributed by atoms with van der Waals surface area (Å²) in [6.07, 6.45) is 2.09. The van der Waals surface area contributed by atoms with Gasteiger partial charge in [-0.15, -0.1) is 0 Å². The van der Waals surface area contributed by atoms with E-state index >= 15 is 0 Å². The fraction of sp³-hybridized carbons (Fsp3) is 0.385. The predicted octanol–water partition coefficient (Wildman–Crippen LogP) is 4.52. The van der Waals surface area contributed by atoms with Crippen molar-refractivity contribution in [2.45, 2.75) is 26.3 Å². The van der Waals surface area contributed by atoms with Crippen molar-refractivity contribution in [2.75, 3.05) is 7.05 Å². The van der Waals surface area contributed by atoms with Crippen LogP contribution in [0.1, 0.15) is 24.7 Å². The van der Waals surface area contributed by atoms with Gasteiger partial charge in [0.05, 0.1) is 11.6 Å². The zero-order valence-electron chi connectivity index (χ0n) is 9.94. The van der Waals surface area contributed by atoms with Gasteiger partial charge in [0.1, 0.15) is 5.76 Å². The molecule has 0 aliphatic carbocycles. The smallest absolute Gasteiger partial charge is 0.154 e. The Bertz CT molecular complexity index is 536. The van der Waals surface area contributed by atoms with E-state index in [0.717, 1.165) is 40.6 Å². The third-order valence-electron chi connectivity index (χ3n) is 2.76. The molecule has 1 N–H and O–H groups in total. The maximum atomic E-state index is 6.18. The molecule has 1 aromatic heterocycles. The number of hydrogen-bond acceptors (Lipinski definition) is 2. The van der Waals surface area contributed by atoms with E-state index in [2.05, 4.69) is 28.2 Å². The van der Waals surface area contributed by atoms with Gasteiger partial charge >= 0.3 is 0 Å². The van der Waals surface area contributed by atoms with E-state index in [-0.39, 0.29) is 0 Å². The summed E-state index contributed by atoms with van der Waals surface area (Å²) in [4.78, 5) is 0. The normalized spacial score (nSPS) is 11.3. The van der Waals surface area contributed by atoms with Crippen molar-refractivity contribution >= 4 is 38.5 Å². The van der Waals surface area contributed by atoms with Crippen molar-refractivity contribution in [3.63, 3.8) is 0 Å². The van der Waals surface area contributed by atoms with Crippen LogP contribution in [0, 0.1) is 0 Å². The largest absolute Gasteiger partial charge is 0.458 e. The topological polar surface area (TPSA) is 25.2 Å². The highest BCUT2D eigenvalue weighted by atomic mass is 79.9. The van der Waals surface area contributed by atoms with Crippen LogP contribution in [-0.4, -0.2) is 7.05 Å². The zero-order valence-corrected chi connectivity index (χ0v) is 12.3. The van der Waals surface area contributed by atoms with Crippen LogP contribution in [0.2, 0.25) is 5.02 Å². The Balaban J connectivity index is 2.70. The molecule has 0 radical (unpaired) electrons. The second-order valence-corrected chi connectivity index (χ2v) is 5.28. The molecule has 0 saturated carbocycles. The van der Waals surface area contributed by atoms with Crippen LogP contribution < -0.4 is 5.32 Å². The van der Waals surface area contributed by atoms with Gasteiger partial charge in [0.25, 0.3) is 0 Å². The van der Waals surface area contributed by atoms with Crippen molar-refractivity contribution in [2.24, 2.45) is 0 Å². The lowest BCUT2D eigenvalue weighted by Gasteiger charge is -2.01. The first-order valence-electron chi connectivity index (χ1n) is 5.71. The van der Waals surface area contributed by atoms with E-state index in [1.165, 1.54) is 5.56 Å². The molecule has 0 unspecified atom stereocenters. The number of rotatable bonds is 4. The minimum absolute atomic E-state index is 0.669.